The monoisotopic (exact) mass is 1130 g/mol. The van der Waals surface area contributed by atoms with Gasteiger partial charge in [-0.05, 0) is 154 Å². The zero-order valence-corrected chi connectivity index (χ0v) is 52.9. The maximum atomic E-state index is 12.9. The quantitative estimate of drug-likeness (QED) is 0.0261. The van der Waals surface area contributed by atoms with E-state index in [1.165, 1.54) is 96.3 Å². The highest BCUT2D eigenvalue weighted by atomic mass is 16.6. The molecule has 0 heterocycles. The molecular formula is C76H122O6. The summed E-state index contributed by atoms with van der Waals surface area (Å²) in [5.41, 5.74) is 0. The first-order valence-electron chi connectivity index (χ1n) is 33.5. The van der Waals surface area contributed by atoms with Gasteiger partial charge in [-0.15, -0.1) is 0 Å². The molecule has 82 heavy (non-hydrogen) atoms. The minimum Gasteiger partial charge on any atom is -0.462 e. The molecule has 0 rings (SSSR count). The fourth-order valence-electron chi connectivity index (χ4n) is 8.73. The molecule has 0 bridgehead atoms. The SMILES string of the molecule is CC/C=C\C/C=C\C/C=C\C/C=C\C/C=C\C/C=C\C/C=C\C/C=C\CCCCC(=O)OCC(COC(=O)CCCCCCCCC/C=C\C/C=C\CCCCCC)OC(=O)CCCCCCCC/C=C\C/C=C\C/C=C\CCCCC. The third-order valence-corrected chi connectivity index (χ3v) is 13.7. The van der Waals surface area contributed by atoms with Crippen LogP contribution in [0.4, 0.5) is 0 Å². The predicted molar refractivity (Wildman–Crippen MR) is 357 cm³/mol. The van der Waals surface area contributed by atoms with Crippen LogP contribution in [0.1, 0.15) is 284 Å². The van der Waals surface area contributed by atoms with Gasteiger partial charge >= 0.3 is 17.9 Å². The van der Waals surface area contributed by atoms with Gasteiger partial charge in [0.05, 0.1) is 0 Å². The topological polar surface area (TPSA) is 78.9 Å². The number of carbonyl (C=O) groups excluding carboxylic acids is 3. The third-order valence-electron chi connectivity index (χ3n) is 13.7. The first-order valence-corrected chi connectivity index (χ1v) is 33.5. The average molecular weight is 1130 g/mol. The van der Waals surface area contributed by atoms with Crippen LogP contribution in [0.2, 0.25) is 0 Å². The lowest BCUT2D eigenvalue weighted by molar-refractivity contribution is -0.167. The lowest BCUT2D eigenvalue weighted by Crippen LogP contribution is -2.30. The van der Waals surface area contributed by atoms with Crippen molar-refractivity contribution >= 4 is 17.9 Å². The van der Waals surface area contributed by atoms with Gasteiger partial charge in [0.1, 0.15) is 13.2 Å². The largest absolute Gasteiger partial charge is 0.462 e. The molecule has 0 aliphatic heterocycles. The Hall–Kier alpha value is -4.97. The van der Waals surface area contributed by atoms with Gasteiger partial charge in [-0.3, -0.25) is 14.4 Å². The lowest BCUT2D eigenvalue weighted by Gasteiger charge is -2.18. The second kappa shape index (κ2) is 68.5. The van der Waals surface area contributed by atoms with E-state index in [1.807, 2.05) is 0 Å². The van der Waals surface area contributed by atoms with E-state index < -0.39 is 6.10 Å². The Balaban J connectivity index is 4.52. The van der Waals surface area contributed by atoms with Gasteiger partial charge in [-0.25, -0.2) is 0 Å². The number of rotatable bonds is 59. The minimum atomic E-state index is -0.817. The lowest BCUT2D eigenvalue weighted by atomic mass is 10.1. The Kier molecular flexibility index (Phi) is 64.4. The molecule has 0 spiro atoms. The number of unbranched alkanes of at least 4 members (excludes halogenated alkanes) is 22. The molecule has 0 radical (unpaired) electrons. The highest BCUT2D eigenvalue weighted by Gasteiger charge is 2.19. The van der Waals surface area contributed by atoms with Crippen LogP contribution in [0, 0.1) is 0 Å². The van der Waals surface area contributed by atoms with E-state index in [0.29, 0.717) is 25.7 Å². The predicted octanol–water partition coefficient (Wildman–Crippen LogP) is 23.3. The minimum absolute atomic E-state index is 0.108. The van der Waals surface area contributed by atoms with E-state index in [0.717, 1.165) is 141 Å². The van der Waals surface area contributed by atoms with Crippen LogP contribution in [0.5, 0.6) is 0 Å². The summed E-state index contributed by atoms with van der Waals surface area (Å²) in [6.45, 7) is 6.43. The van der Waals surface area contributed by atoms with Crippen LogP contribution in [0.3, 0.4) is 0 Å². The van der Waals surface area contributed by atoms with Crippen molar-refractivity contribution in [2.75, 3.05) is 13.2 Å². The number of hydrogen-bond acceptors (Lipinski definition) is 6. The molecule has 0 saturated carbocycles. The molecule has 0 aliphatic rings. The van der Waals surface area contributed by atoms with Gasteiger partial charge in [0.25, 0.3) is 0 Å². The van der Waals surface area contributed by atoms with Crippen LogP contribution < -0.4 is 0 Å². The molecule has 0 aromatic rings. The number of ether oxygens (including phenoxy) is 3. The first-order chi connectivity index (χ1) is 40.5. The van der Waals surface area contributed by atoms with Gasteiger partial charge in [-0.1, -0.05) is 269 Å². The van der Waals surface area contributed by atoms with Gasteiger partial charge in [0.15, 0.2) is 6.10 Å². The van der Waals surface area contributed by atoms with E-state index in [2.05, 4.69) is 179 Å². The standard InChI is InChI=1S/C76H122O6/c1-4-7-10-13-16-19-22-25-28-31-34-35-36-37-38-39-40-41-43-45-48-51-54-57-60-63-66-69-75(78)81-72-73(71-80-74(77)68-65-62-59-56-53-50-47-44-33-30-27-24-21-18-15-12-9-6-3)82-76(79)70-67-64-61-58-55-52-49-46-42-32-29-26-23-20-17-14-11-8-5-2/h7,10,16-17,19-21,24-26,28-30,33-35,37-38,40-42,45-46,48,54,57,73H,4-6,8-9,11-15,18,22-23,27,31-32,36,39,43-44,47,49-53,55-56,58-72H2,1-3H3/b10-7-,19-16-,20-17-,24-21-,28-25-,29-26-,33-30-,35-34-,38-37-,41-40-,46-42-,48-45-,57-54-. The zero-order chi connectivity index (χ0) is 59.2. The molecule has 1 unspecified atom stereocenters. The highest BCUT2D eigenvalue weighted by Crippen LogP contribution is 2.14. The van der Waals surface area contributed by atoms with Crippen LogP contribution in [0.25, 0.3) is 0 Å². The summed E-state index contributed by atoms with van der Waals surface area (Å²) in [5.74, 6) is -0.973. The number of carbonyl (C=O) groups is 3. The van der Waals surface area contributed by atoms with Crippen molar-refractivity contribution in [2.45, 2.75) is 290 Å². The summed E-state index contributed by atoms with van der Waals surface area (Å²) >= 11 is 0. The molecule has 6 nitrogen and oxygen atoms in total. The molecule has 1 atom stereocenters. The molecule has 0 aliphatic carbocycles. The molecule has 0 aromatic heterocycles. The maximum Gasteiger partial charge on any atom is 0.306 e. The Morgan fingerprint density at radius 2 is 0.476 bits per heavy atom. The van der Waals surface area contributed by atoms with E-state index in [4.69, 9.17) is 14.2 Å². The first kappa shape index (κ1) is 77.0. The Morgan fingerprint density at radius 3 is 0.793 bits per heavy atom. The average Bonchev–Trinajstić information content (AvgIpc) is 3.47. The molecule has 0 fully saturated rings. The second-order valence-electron chi connectivity index (χ2n) is 21.6. The Bertz CT molecular complexity index is 1830. The molecule has 6 heteroatoms. The van der Waals surface area contributed by atoms with Crippen LogP contribution in [-0.4, -0.2) is 37.2 Å². The van der Waals surface area contributed by atoms with Crippen LogP contribution >= 0.6 is 0 Å². The van der Waals surface area contributed by atoms with E-state index in [-0.39, 0.29) is 31.1 Å². The van der Waals surface area contributed by atoms with Crippen molar-refractivity contribution in [3.63, 3.8) is 0 Å². The van der Waals surface area contributed by atoms with Gasteiger partial charge in [0.2, 0.25) is 0 Å². The summed E-state index contributed by atoms with van der Waals surface area (Å²) in [4.78, 5) is 38.4. The Labute approximate surface area is 505 Å². The smallest absolute Gasteiger partial charge is 0.306 e. The summed E-state index contributed by atoms with van der Waals surface area (Å²) in [6, 6.07) is 0. The fraction of sp³-hybridized carbons (Fsp3) is 0.618. The summed E-state index contributed by atoms with van der Waals surface area (Å²) in [6.07, 6.45) is 99.6. The van der Waals surface area contributed by atoms with Gasteiger partial charge in [0, 0.05) is 19.3 Å². The van der Waals surface area contributed by atoms with Crippen LogP contribution in [0.15, 0.2) is 158 Å². The van der Waals surface area contributed by atoms with Gasteiger partial charge in [-0.2, -0.15) is 0 Å². The normalized spacial score (nSPS) is 13.2. The molecule has 0 N–H and O–H groups in total. The number of allylic oxidation sites excluding steroid dienone is 26. The van der Waals surface area contributed by atoms with E-state index in [9.17, 15) is 14.4 Å². The van der Waals surface area contributed by atoms with E-state index in [1.54, 1.807) is 0 Å². The fourth-order valence-corrected chi connectivity index (χ4v) is 8.73. The maximum absolute atomic E-state index is 12.9. The van der Waals surface area contributed by atoms with Crippen molar-refractivity contribution in [1.82, 2.24) is 0 Å². The highest BCUT2D eigenvalue weighted by molar-refractivity contribution is 5.71. The van der Waals surface area contributed by atoms with Crippen molar-refractivity contribution in [2.24, 2.45) is 0 Å². The number of esters is 3. The summed E-state index contributed by atoms with van der Waals surface area (Å²) < 4.78 is 16.9. The van der Waals surface area contributed by atoms with Gasteiger partial charge < -0.3 is 14.2 Å². The zero-order valence-electron chi connectivity index (χ0n) is 52.9. The number of hydrogen-bond donors (Lipinski definition) is 0. The van der Waals surface area contributed by atoms with Crippen LogP contribution in [-0.2, 0) is 28.6 Å². The summed E-state index contributed by atoms with van der Waals surface area (Å²) in [7, 11) is 0. The molecule has 0 aromatic carbocycles. The third kappa shape index (κ3) is 65.8. The van der Waals surface area contributed by atoms with Crippen molar-refractivity contribution in [3.05, 3.63) is 158 Å². The Morgan fingerprint density at radius 1 is 0.256 bits per heavy atom. The summed E-state index contributed by atoms with van der Waals surface area (Å²) in [5, 5.41) is 0. The second-order valence-corrected chi connectivity index (χ2v) is 21.6. The van der Waals surface area contributed by atoms with Crippen molar-refractivity contribution in [3.8, 4) is 0 Å². The molecular weight excluding hydrogens is 1010 g/mol. The van der Waals surface area contributed by atoms with E-state index >= 15 is 0 Å². The molecule has 462 valence electrons. The molecule has 0 amide bonds. The van der Waals surface area contributed by atoms with Crippen molar-refractivity contribution < 1.29 is 28.6 Å². The van der Waals surface area contributed by atoms with Crippen molar-refractivity contribution in [1.29, 1.82) is 0 Å². The molecule has 0 saturated heterocycles.